The first-order valence-corrected chi connectivity index (χ1v) is 6.69. The SMILES string of the molecule is CCC1OCCC1C(Cl)c1cc(C)c(F)cc1F. The fourth-order valence-electron chi connectivity index (χ4n) is 2.54. The molecule has 0 aromatic heterocycles. The molecule has 2 rings (SSSR count). The predicted molar refractivity (Wildman–Crippen MR) is 67.8 cm³/mol. The highest BCUT2D eigenvalue weighted by Crippen LogP contribution is 2.40. The van der Waals surface area contributed by atoms with Gasteiger partial charge in [-0.25, -0.2) is 8.78 Å². The molecule has 1 aliphatic rings. The molecule has 1 fully saturated rings. The first-order chi connectivity index (χ1) is 8.54. The third-order valence-corrected chi connectivity index (χ3v) is 4.17. The molecular formula is C14H17ClF2O. The number of hydrogen-bond donors (Lipinski definition) is 0. The van der Waals surface area contributed by atoms with E-state index in [4.69, 9.17) is 16.3 Å². The van der Waals surface area contributed by atoms with E-state index in [1.807, 2.05) is 6.92 Å². The Hall–Kier alpha value is -0.670. The normalized spacial score (nSPS) is 25.4. The van der Waals surface area contributed by atoms with E-state index in [0.717, 1.165) is 18.9 Å². The fraction of sp³-hybridized carbons (Fsp3) is 0.571. The lowest BCUT2D eigenvalue weighted by molar-refractivity contribution is 0.0862. The van der Waals surface area contributed by atoms with Gasteiger partial charge in [-0.05, 0) is 31.4 Å². The number of halogens is 3. The molecule has 4 heteroatoms. The van der Waals surface area contributed by atoms with Gasteiger partial charge in [0.15, 0.2) is 0 Å². The largest absolute Gasteiger partial charge is 0.378 e. The van der Waals surface area contributed by atoms with E-state index in [9.17, 15) is 8.78 Å². The topological polar surface area (TPSA) is 9.23 Å². The van der Waals surface area contributed by atoms with Crippen molar-refractivity contribution in [2.75, 3.05) is 6.61 Å². The molecule has 1 nitrogen and oxygen atoms in total. The molecule has 0 N–H and O–H groups in total. The van der Waals surface area contributed by atoms with Crippen LogP contribution < -0.4 is 0 Å². The van der Waals surface area contributed by atoms with E-state index in [2.05, 4.69) is 0 Å². The average molecular weight is 275 g/mol. The zero-order chi connectivity index (χ0) is 13.3. The fourth-order valence-corrected chi connectivity index (χ4v) is 3.00. The van der Waals surface area contributed by atoms with E-state index in [1.165, 1.54) is 6.07 Å². The van der Waals surface area contributed by atoms with Crippen LogP contribution in [0.1, 0.15) is 36.3 Å². The van der Waals surface area contributed by atoms with Gasteiger partial charge in [-0.2, -0.15) is 0 Å². The van der Waals surface area contributed by atoms with Gasteiger partial charge in [-0.15, -0.1) is 11.6 Å². The summed E-state index contributed by atoms with van der Waals surface area (Å²) in [6.45, 7) is 4.30. The number of benzene rings is 1. The Morgan fingerprint density at radius 3 is 2.78 bits per heavy atom. The molecule has 1 aromatic rings. The van der Waals surface area contributed by atoms with Crippen LogP contribution in [0.3, 0.4) is 0 Å². The third kappa shape index (κ3) is 2.52. The van der Waals surface area contributed by atoms with Gasteiger partial charge in [-0.3, -0.25) is 0 Å². The van der Waals surface area contributed by atoms with E-state index >= 15 is 0 Å². The number of hydrogen-bond acceptors (Lipinski definition) is 1. The van der Waals surface area contributed by atoms with Crippen molar-refractivity contribution >= 4 is 11.6 Å². The molecule has 0 radical (unpaired) electrons. The molecule has 0 aliphatic carbocycles. The Morgan fingerprint density at radius 1 is 1.39 bits per heavy atom. The Bertz CT molecular complexity index is 436. The summed E-state index contributed by atoms with van der Waals surface area (Å²) in [6.07, 6.45) is 1.75. The molecule has 0 amide bonds. The highest BCUT2D eigenvalue weighted by molar-refractivity contribution is 6.21. The van der Waals surface area contributed by atoms with Crippen molar-refractivity contribution < 1.29 is 13.5 Å². The van der Waals surface area contributed by atoms with E-state index in [0.29, 0.717) is 17.7 Å². The van der Waals surface area contributed by atoms with Gasteiger partial charge in [0.25, 0.3) is 0 Å². The monoisotopic (exact) mass is 274 g/mol. The van der Waals surface area contributed by atoms with Crippen molar-refractivity contribution in [1.29, 1.82) is 0 Å². The lowest BCUT2D eigenvalue weighted by Crippen LogP contribution is -2.20. The van der Waals surface area contributed by atoms with Crippen LogP contribution in [0, 0.1) is 24.5 Å². The minimum atomic E-state index is -0.570. The van der Waals surface area contributed by atoms with Crippen molar-refractivity contribution in [2.45, 2.75) is 38.2 Å². The third-order valence-electron chi connectivity index (χ3n) is 3.61. The van der Waals surface area contributed by atoms with Crippen molar-refractivity contribution in [3.05, 3.63) is 34.9 Å². The highest BCUT2D eigenvalue weighted by atomic mass is 35.5. The average Bonchev–Trinajstić information content (AvgIpc) is 2.81. The quantitative estimate of drug-likeness (QED) is 0.744. The van der Waals surface area contributed by atoms with Crippen LogP contribution in [0.4, 0.5) is 8.78 Å². The van der Waals surface area contributed by atoms with Gasteiger partial charge in [-0.1, -0.05) is 6.92 Å². The van der Waals surface area contributed by atoms with Gasteiger partial charge < -0.3 is 4.74 Å². The highest BCUT2D eigenvalue weighted by Gasteiger charge is 2.34. The second-order valence-electron chi connectivity index (χ2n) is 4.79. The lowest BCUT2D eigenvalue weighted by Gasteiger charge is -2.23. The zero-order valence-electron chi connectivity index (χ0n) is 10.6. The number of aryl methyl sites for hydroxylation is 1. The summed E-state index contributed by atoms with van der Waals surface area (Å²) in [5, 5.41) is -0.461. The minimum Gasteiger partial charge on any atom is -0.378 e. The second kappa shape index (κ2) is 5.54. The molecule has 1 saturated heterocycles. The summed E-state index contributed by atoms with van der Waals surface area (Å²) in [7, 11) is 0. The Morgan fingerprint density at radius 2 is 2.11 bits per heavy atom. The molecule has 0 saturated carbocycles. The second-order valence-corrected chi connectivity index (χ2v) is 5.26. The standard InChI is InChI=1S/C14H17ClF2O/c1-3-13-9(4-5-18-13)14(15)10-6-8(2)11(16)7-12(10)17/h6-7,9,13-14H,3-5H2,1-2H3. The van der Waals surface area contributed by atoms with E-state index < -0.39 is 17.0 Å². The van der Waals surface area contributed by atoms with Gasteiger partial charge in [0.05, 0.1) is 11.5 Å². The molecule has 3 atom stereocenters. The number of rotatable bonds is 3. The van der Waals surface area contributed by atoms with Crippen LogP contribution in [0.5, 0.6) is 0 Å². The Labute approximate surface area is 111 Å². The van der Waals surface area contributed by atoms with Crippen molar-refractivity contribution in [3.63, 3.8) is 0 Å². The molecule has 100 valence electrons. The Balaban J connectivity index is 2.28. The summed E-state index contributed by atoms with van der Waals surface area (Å²) in [5.41, 5.74) is 0.800. The van der Waals surface area contributed by atoms with Crippen molar-refractivity contribution in [1.82, 2.24) is 0 Å². The van der Waals surface area contributed by atoms with E-state index in [-0.39, 0.29) is 12.0 Å². The van der Waals surface area contributed by atoms with Gasteiger partial charge >= 0.3 is 0 Å². The molecule has 0 bridgehead atoms. The summed E-state index contributed by atoms with van der Waals surface area (Å²) >= 11 is 6.37. The van der Waals surface area contributed by atoms with Crippen LogP contribution in [0.25, 0.3) is 0 Å². The maximum atomic E-state index is 13.8. The van der Waals surface area contributed by atoms with Crippen molar-refractivity contribution in [3.8, 4) is 0 Å². The van der Waals surface area contributed by atoms with E-state index in [1.54, 1.807) is 6.92 Å². The summed E-state index contributed by atoms with van der Waals surface area (Å²) in [4.78, 5) is 0. The maximum absolute atomic E-state index is 13.8. The molecule has 1 aliphatic heterocycles. The smallest absolute Gasteiger partial charge is 0.130 e. The molecule has 3 unspecified atom stereocenters. The predicted octanol–water partition coefficient (Wildman–Crippen LogP) is 4.37. The zero-order valence-corrected chi connectivity index (χ0v) is 11.3. The minimum absolute atomic E-state index is 0.0669. The van der Waals surface area contributed by atoms with Crippen LogP contribution in [-0.2, 0) is 4.74 Å². The summed E-state index contributed by atoms with van der Waals surface area (Å²) in [6, 6.07) is 2.42. The molecule has 18 heavy (non-hydrogen) atoms. The first-order valence-electron chi connectivity index (χ1n) is 6.25. The van der Waals surface area contributed by atoms with Crippen molar-refractivity contribution in [2.24, 2.45) is 5.92 Å². The van der Waals surface area contributed by atoms with Crippen LogP contribution in [-0.4, -0.2) is 12.7 Å². The molecule has 1 heterocycles. The summed E-state index contributed by atoms with van der Waals surface area (Å²) < 4.78 is 32.6. The number of alkyl halides is 1. The van der Waals surface area contributed by atoms with Gasteiger partial charge in [0, 0.05) is 24.2 Å². The van der Waals surface area contributed by atoms with Crippen LogP contribution in [0.15, 0.2) is 12.1 Å². The van der Waals surface area contributed by atoms with Crippen LogP contribution in [0.2, 0.25) is 0 Å². The molecule has 1 aromatic carbocycles. The molecule has 0 spiro atoms. The van der Waals surface area contributed by atoms with Crippen LogP contribution >= 0.6 is 11.6 Å². The van der Waals surface area contributed by atoms with Gasteiger partial charge in [0.2, 0.25) is 0 Å². The maximum Gasteiger partial charge on any atom is 0.130 e. The van der Waals surface area contributed by atoms with Gasteiger partial charge in [0.1, 0.15) is 11.6 Å². The Kier molecular flexibility index (Phi) is 4.23. The molecular weight excluding hydrogens is 258 g/mol. The lowest BCUT2D eigenvalue weighted by atomic mass is 9.90. The first kappa shape index (κ1) is 13.8. The number of ether oxygens (including phenoxy) is 1. The summed E-state index contributed by atoms with van der Waals surface area (Å²) in [5.74, 6) is -1.01.